The van der Waals surface area contributed by atoms with E-state index >= 15 is 0 Å². The quantitative estimate of drug-likeness (QED) is 0.0669. The summed E-state index contributed by atoms with van der Waals surface area (Å²) in [6.07, 6.45) is 0. The second-order valence-corrected chi connectivity index (χ2v) is 33.1. The van der Waals surface area contributed by atoms with Crippen LogP contribution in [-0.2, 0) is 0 Å². The van der Waals surface area contributed by atoms with Gasteiger partial charge in [0.1, 0.15) is 0 Å². The Morgan fingerprint density at radius 3 is 0.493 bits per heavy atom. The molecular formula is C60H57Bi3O6. The summed E-state index contributed by atoms with van der Waals surface area (Å²) in [5, 5.41) is 0. The molecule has 0 aliphatic heterocycles. The van der Waals surface area contributed by atoms with Crippen LogP contribution in [0.1, 0.15) is 74.9 Å². The fourth-order valence-electron chi connectivity index (χ4n) is 6.64. The van der Waals surface area contributed by atoms with E-state index in [1.54, 1.807) is 0 Å². The number of hydrogen-bond donors (Lipinski definition) is 0. The van der Waals surface area contributed by atoms with Crippen molar-refractivity contribution in [3.8, 4) is 34.5 Å². The monoisotopic (exact) mass is 1500 g/mol. The summed E-state index contributed by atoms with van der Waals surface area (Å²) >= 11 is -11.5. The van der Waals surface area contributed by atoms with Crippen molar-refractivity contribution < 1.29 is 16.9 Å². The van der Waals surface area contributed by atoms with E-state index in [4.69, 9.17) is 16.9 Å². The molecule has 7 rings (SSSR count). The molecule has 0 saturated carbocycles. The molecule has 0 spiro atoms. The zero-order valence-corrected chi connectivity index (χ0v) is 50.6. The molecule has 0 aromatic heterocycles. The molecular weight excluding hydrogens is 1440 g/mol. The van der Waals surface area contributed by atoms with E-state index < -0.39 is 67.9 Å². The maximum absolute atomic E-state index is 7.09. The van der Waals surface area contributed by atoms with Gasteiger partial charge < -0.3 is 0 Å². The zero-order valence-electron chi connectivity index (χ0n) is 40.1. The van der Waals surface area contributed by atoms with E-state index in [1.807, 2.05) is 187 Å². The topological polar surface area (TPSA) is 55.4 Å². The average Bonchev–Trinajstić information content (AvgIpc) is 3.34. The van der Waals surface area contributed by atoms with Crippen LogP contribution >= 0.6 is 0 Å². The van der Waals surface area contributed by atoms with Crippen molar-refractivity contribution in [3.63, 3.8) is 0 Å². The normalized spacial score (nSPS) is 10.9. The predicted octanol–water partition coefficient (Wildman–Crippen LogP) is 13.4. The molecule has 0 aliphatic rings. The van der Waals surface area contributed by atoms with E-state index in [9.17, 15) is 0 Å². The zero-order chi connectivity index (χ0) is 49.2. The Bertz CT molecular complexity index is 2460. The summed E-state index contributed by atoms with van der Waals surface area (Å²) in [5.41, 5.74) is 12.0. The Balaban J connectivity index is 1.43. The van der Waals surface area contributed by atoms with Crippen LogP contribution in [-0.4, -0.2) is 67.9 Å². The molecule has 0 atom stereocenters. The number of rotatable bonds is 21. The van der Waals surface area contributed by atoms with Gasteiger partial charge in [-0.15, -0.1) is 0 Å². The predicted molar refractivity (Wildman–Crippen MR) is 293 cm³/mol. The number of allylic oxidation sites excluding steroid dienone is 6. The van der Waals surface area contributed by atoms with Crippen LogP contribution in [0.25, 0.3) is 33.4 Å². The van der Waals surface area contributed by atoms with E-state index in [-0.39, 0.29) is 0 Å². The first-order valence-corrected chi connectivity index (χ1v) is 36.0. The molecule has 6 nitrogen and oxygen atoms in total. The van der Waals surface area contributed by atoms with Crippen molar-refractivity contribution in [2.45, 2.75) is 41.5 Å². The molecule has 7 aromatic carbocycles. The van der Waals surface area contributed by atoms with Crippen LogP contribution in [0.2, 0.25) is 0 Å². The van der Waals surface area contributed by atoms with Crippen molar-refractivity contribution in [1.82, 2.24) is 0 Å². The molecule has 0 radical (unpaired) electrons. The molecule has 348 valence electrons. The van der Waals surface area contributed by atoms with Crippen LogP contribution in [0.4, 0.5) is 0 Å². The summed E-state index contributed by atoms with van der Waals surface area (Å²) in [5.74, 6) is 4.21. The molecule has 0 aliphatic carbocycles. The molecule has 0 N–H and O–H groups in total. The minimum absolute atomic E-state index is 0.702. The second kappa shape index (κ2) is 23.8. The maximum atomic E-state index is 7.09. The third-order valence-electron chi connectivity index (χ3n) is 10.7. The Kier molecular flexibility index (Phi) is 17.7. The van der Waals surface area contributed by atoms with Gasteiger partial charge in [0.15, 0.2) is 0 Å². The molecule has 0 amide bonds. The fraction of sp³-hybridized carbons (Fsp3) is 0.100. The molecule has 0 fully saturated rings. The number of benzene rings is 7. The van der Waals surface area contributed by atoms with Crippen molar-refractivity contribution in [1.29, 1.82) is 0 Å². The van der Waals surface area contributed by atoms with Crippen molar-refractivity contribution in [3.05, 3.63) is 237 Å². The van der Waals surface area contributed by atoms with E-state index in [2.05, 4.69) is 57.7 Å². The number of hydrogen-bond acceptors (Lipinski definition) is 6. The van der Waals surface area contributed by atoms with Crippen LogP contribution in [0, 0.1) is 0 Å². The van der Waals surface area contributed by atoms with Gasteiger partial charge in [-0.05, 0) is 0 Å². The first-order chi connectivity index (χ1) is 33.1. The van der Waals surface area contributed by atoms with Gasteiger partial charge in [0, 0.05) is 0 Å². The SMILES string of the molecule is C=C(C)c1ccc([O][Bi]([O]c2ccc(C(=C)C)cc2)[c]2c[c]([Bi]([O]c3ccc(C(=C)C)cc3)[O]c3ccc(C(=C)C)cc3)c[c]([Bi]([O]c3ccc(C(=C)C)cc3)[O]c3ccc(C(=C)C)cc3)c2)cc1. The average molecular weight is 1500 g/mol. The Hall–Kier alpha value is -5.57. The molecule has 0 unspecified atom stereocenters. The van der Waals surface area contributed by atoms with Crippen LogP contribution in [0.3, 0.4) is 0 Å². The first-order valence-electron chi connectivity index (χ1n) is 22.3. The summed E-state index contributed by atoms with van der Waals surface area (Å²) in [4.78, 5) is 0. The first kappa shape index (κ1) is 51.3. The van der Waals surface area contributed by atoms with Gasteiger partial charge in [0.05, 0.1) is 0 Å². The summed E-state index contributed by atoms with van der Waals surface area (Å²) in [6, 6.07) is 54.7. The van der Waals surface area contributed by atoms with Gasteiger partial charge >= 0.3 is 441 Å². The molecule has 0 saturated heterocycles. The standard InChI is InChI=1S/6C9H10O.C6H3.3Bi/c6*1-7(2)8-3-5-9(10)6-4-8;1-2-4-6-5-3-1;;;/h6*3-6,10H,1H2,2H3;1,4-5H;;;/q;;;;;;;3*+2/p-6. The van der Waals surface area contributed by atoms with Gasteiger partial charge in [-0.25, -0.2) is 0 Å². The second-order valence-electron chi connectivity index (χ2n) is 16.9. The fourth-order valence-corrected chi connectivity index (χ4v) is 27.6. The van der Waals surface area contributed by atoms with Crippen LogP contribution < -0.4 is 26.7 Å². The van der Waals surface area contributed by atoms with Crippen molar-refractivity contribution in [2.75, 3.05) is 0 Å². The van der Waals surface area contributed by atoms with Crippen molar-refractivity contribution >= 4 is 111 Å². The van der Waals surface area contributed by atoms with Crippen molar-refractivity contribution in [2.24, 2.45) is 0 Å². The summed E-state index contributed by atoms with van der Waals surface area (Å²) in [7, 11) is 0. The Morgan fingerprint density at radius 2 is 0.377 bits per heavy atom. The Labute approximate surface area is 436 Å². The van der Waals surface area contributed by atoms with Gasteiger partial charge in [0.25, 0.3) is 0 Å². The van der Waals surface area contributed by atoms with Gasteiger partial charge in [0.2, 0.25) is 0 Å². The summed E-state index contributed by atoms with van der Waals surface area (Å²) in [6.45, 7) is 36.9. The summed E-state index contributed by atoms with van der Waals surface area (Å²) < 4.78 is 45.3. The van der Waals surface area contributed by atoms with Gasteiger partial charge in [-0.2, -0.15) is 0 Å². The molecule has 69 heavy (non-hydrogen) atoms. The van der Waals surface area contributed by atoms with E-state index in [0.717, 1.165) is 76.6 Å². The van der Waals surface area contributed by atoms with Gasteiger partial charge in [-0.1, -0.05) is 0 Å². The molecule has 7 aromatic rings. The molecule has 0 bridgehead atoms. The third-order valence-corrected chi connectivity index (χ3v) is 27.4. The van der Waals surface area contributed by atoms with E-state index in [1.165, 1.54) is 0 Å². The Morgan fingerprint density at radius 1 is 0.246 bits per heavy atom. The van der Waals surface area contributed by atoms with Crippen LogP contribution in [0.5, 0.6) is 34.5 Å². The van der Waals surface area contributed by atoms with E-state index in [0.29, 0.717) is 34.5 Å². The molecule has 0 heterocycles. The van der Waals surface area contributed by atoms with Crippen LogP contribution in [0.15, 0.2) is 203 Å². The minimum atomic E-state index is -3.84. The molecule has 9 heteroatoms. The van der Waals surface area contributed by atoms with Gasteiger partial charge in [-0.3, -0.25) is 0 Å². The third kappa shape index (κ3) is 14.3.